The van der Waals surface area contributed by atoms with Crippen molar-refractivity contribution < 1.29 is 14.3 Å². The van der Waals surface area contributed by atoms with Gasteiger partial charge in [0.05, 0.1) is 31.5 Å². The number of hydrogen-bond donors (Lipinski definition) is 1. The average molecular weight is 571 g/mol. The standard InChI is InChI=1S/C29H39ClN6O4/c1-6-39-26(37)17-34-13-21(14-34)15-35-27(31)33-28(32-24-9-10-25(20(5)12-24)40-18(2)3)36(29(35)38)16-22-7-8-23(30)11-19(22)4/h7-10,12,18-19,21H,6,11,13-17H2,1-5H3,(H2,31,32,33). The molecule has 1 aromatic carbocycles. The Morgan fingerprint density at radius 2 is 2.00 bits per heavy atom. The zero-order valence-electron chi connectivity index (χ0n) is 23.9. The van der Waals surface area contributed by atoms with Crippen LogP contribution in [0.3, 0.4) is 0 Å². The van der Waals surface area contributed by atoms with Crippen LogP contribution in [0.5, 0.6) is 5.75 Å². The lowest BCUT2D eigenvalue weighted by molar-refractivity contribution is -0.146. The van der Waals surface area contributed by atoms with Crippen molar-refractivity contribution >= 4 is 29.2 Å². The van der Waals surface area contributed by atoms with Crippen LogP contribution in [0.2, 0.25) is 0 Å². The Morgan fingerprint density at radius 3 is 2.65 bits per heavy atom. The molecule has 1 aliphatic heterocycles. The zero-order chi connectivity index (χ0) is 29.0. The van der Waals surface area contributed by atoms with Crippen LogP contribution in [0.4, 0.5) is 11.6 Å². The second-order valence-corrected chi connectivity index (χ2v) is 11.3. The summed E-state index contributed by atoms with van der Waals surface area (Å²) in [6.07, 6.45) is 4.61. The van der Waals surface area contributed by atoms with Gasteiger partial charge in [-0.2, -0.15) is 4.98 Å². The van der Waals surface area contributed by atoms with Crippen molar-refractivity contribution in [2.75, 3.05) is 32.0 Å². The SMILES string of the molecule is CCOC(=O)CN1CC(Cn2c(N)nc(=Nc3ccc(OC(C)C)c(C)c3)n(CC3=CC=C(Cl)CC3C)c2=O)C1. The molecule has 2 heterocycles. The van der Waals surface area contributed by atoms with E-state index in [0.29, 0.717) is 44.9 Å². The molecule has 0 spiro atoms. The van der Waals surface area contributed by atoms with Crippen molar-refractivity contribution in [1.29, 1.82) is 0 Å². The molecule has 0 saturated carbocycles. The molecule has 0 bridgehead atoms. The predicted molar refractivity (Wildman–Crippen MR) is 155 cm³/mol. The molecule has 0 amide bonds. The van der Waals surface area contributed by atoms with Crippen LogP contribution in [0.25, 0.3) is 0 Å². The summed E-state index contributed by atoms with van der Waals surface area (Å²) in [6.45, 7) is 12.5. The third-order valence-electron chi connectivity index (χ3n) is 7.03. The largest absolute Gasteiger partial charge is 0.491 e. The van der Waals surface area contributed by atoms with E-state index in [2.05, 4.69) is 11.9 Å². The van der Waals surface area contributed by atoms with Crippen LogP contribution >= 0.6 is 11.6 Å². The van der Waals surface area contributed by atoms with Gasteiger partial charge in [-0.15, -0.1) is 0 Å². The van der Waals surface area contributed by atoms with E-state index in [1.165, 1.54) is 4.57 Å². The number of carbonyl (C=O) groups is 1. The highest BCUT2D eigenvalue weighted by atomic mass is 35.5. The summed E-state index contributed by atoms with van der Waals surface area (Å²) in [5, 5.41) is 0.788. The number of likely N-dealkylation sites (tertiary alicyclic amines) is 1. The molecule has 216 valence electrons. The first kappa shape index (κ1) is 29.6. The second kappa shape index (κ2) is 12.9. The van der Waals surface area contributed by atoms with Gasteiger partial charge in [-0.25, -0.2) is 9.79 Å². The first-order valence-corrected chi connectivity index (χ1v) is 14.1. The van der Waals surface area contributed by atoms with Gasteiger partial charge in [-0.05, 0) is 75.4 Å². The van der Waals surface area contributed by atoms with Crippen molar-refractivity contribution in [3.05, 3.63) is 62.6 Å². The van der Waals surface area contributed by atoms with Crippen LogP contribution in [0, 0.1) is 18.8 Å². The second-order valence-electron chi connectivity index (χ2n) is 10.8. The summed E-state index contributed by atoms with van der Waals surface area (Å²) < 4.78 is 14.0. The van der Waals surface area contributed by atoms with Crippen LogP contribution in [-0.2, 0) is 22.6 Å². The first-order chi connectivity index (χ1) is 19.0. The highest BCUT2D eigenvalue weighted by Crippen LogP contribution is 2.28. The van der Waals surface area contributed by atoms with E-state index in [1.807, 2.05) is 56.0 Å². The Kier molecular flexibility index (Phi) is 9.52. The number of benzene rings is 1. The first-order valence-electron chi connectivity index (χ1n) is 13.8. The van der Waals surface area contributed by atoms with E-state index in [1.54, 1.807) is 11.5 Å². The maximum Gasteiger partial charge on any atom is 0.334 e. The summed E-state index contributed by atoms with van der Waals surface area (Å²) in [5.41, 5.74) is 8.94. The van der Waals surface area contributed by atoms with Crippen LogP contribution in [0.1, 0.15) is 39.7 Å². The quantitative estimate of drug-likeness (QED) is 0.434. The van der Waals surface area contributed by atoms with E-state index in [4.69, 9.17) is 31.8 Å². The van der Waals surface area contributed by atoms with Crippen molar-refractivity contribution in [1.82, 2.24) is 19.0 Å². The van der Waals surface area contributed by atoms with Gasteiger partial charge in [0, 0.05) is 30.6 Å². The third kappa shape index (κ3) is 7.22. The van der Waals surface area contributed by atoms with E-state index in [9.17, 15) is 9.59 Å². The molecule has 1 aliphatic carbocycles. The summed E-state index contributed by atoms with van der Waals surface area (Å²) >= 11 is 6.25. The Bertz CT molecular complexity index is 1430. The number of esters is 1. The molecule has 1 fully saturated rings. The monoisotopic (exact) mass is 570 g/mol. The Hall–Kier alpha value is -3.37. The van der Waals surface area contributed by atoms with Crippen molar-refractivity contribution in [3.8, 4) is 5.75 Å². The summed E-state index contributed by atoms with van der Waals surface area (Å²) in [4.78, 5) is 37.0. The molecule has 11 heteroatoms. The van der Waals surface area contributed by atoms with E-state index in [-0.39, 0.29) is 47.7 Å². The highest BCUT2D eigenvalue weighted by molar-refractivity contribution is 6.29. The molecular weight excluding hydrogens is 532 g/mol. The Balaban J connectivity index is 1.67. The minimum atomic E-state index is -0.277. The lowest BCUT2D eigenvalue weighted by Crippen LogP contribution is -2.53. The number of halogens is 1. The number of nitrogens with two attached hydrogens (primary N) is 1. The summed E-state index contributed by atoms with van der Waals surface area (Å²) in [7, 11) is 0. The Morgan fingerprint density at radius 1 is 1.25 bits per heavy atom. The van der Waals surface area contributed by atoms with Gasteiger partial charge < -0.3 is 15.2 Å². The summed E-state index contributed by atoms with van der Waals surface area (Å²) in [6, 6.07) is 5.62. The number of aryl methyl sites for hydroxylation is 1. The van der Waals surface area contributed by atoms with Gasteiger partial charge in [0.2, 0.25) is 11.6 Å². The fourth-order valence-electron chi connectivity index (χ4n) is 4.97. The molecule has 1 atom stereocenters. The molecular formula is C29H39ClN6O4. The number of nitrogens with zero attached hydrogens (tertiary/aromatic N) is 5. The van der Waals surface area contributed by atoms with Crippen molar-refractivity contribution in [2.24, 2.45) is 16.8 Å². The third-order valence-corrected chi connectivity index (χ3v) is 7.31. The van der Waals surface area contributed by atoms with Gasteiger partial charge in [0.25, 0.3) is 0 Å². The summed E-state index contributed by atoms with van der Waals surface area (Å²) in [5.74, 6) is 0.978. The fourth-order valence-corrected chi connectivity index (χ4v) is 5.26. The topological polar surface area (TPSA) is 117 Å². The average Bonchev–Trinajstić information content (AvgIpc) is 2.85. The molecule has 1 unspecified atom stereocenters. The molecule has 1 aromatic heterocycles. The molecule has 0 radical (unpaired) electrons. The number of anilines is 1. The molecule has 4 rings (SSSR count). The number of rotatable bonds is 10. The smallest absolute Gasteiger partial charge is 0.334 e. The van der Waals surface area contributed by atoms with Crippen molar-refractivity contribution in [3.63, 3.8) is 0 Å². The zero-order valence-corrected chi connectivity index (χ0v) is 24.6. The van der Waals surface area contributed by atoms with Crippen LogP contribution in [-0.4, -0.2) is 57.3 Å². The lowest BCUT2D eigenvalue weighted by atomic mass is 9.93. The normalized spacial score (nSPS) is 18.4. The molecule has 2 N–H and O–H groups in total. The molecule has 1 saturated heterocycles. The predicted octanol–water partition coefficient (Wildman–Crippen LogP) is 3.54. The van der Waals surface area contributed by atoms with Gasteiger partial charge in [-0.1, -0.05) is 24.6 Å². The number of ether oxygens (including phenoxy) is 2. The van der Waals surface area contributed by atoms with Crippen molar-refractivity contribution in [2.45, 2.75) is 60.2 Å². The highest BCUT2D eigenvalue weighted by Gasteiger charge is 2.30. The number of allylic oxidation sites excluding steroid dienone is 4. The van der Waals surface area contributed by atoms with Gasteiger partial charge in [0.1, 0.15) is 5.75 Å². The van der Waals surface area contributed by atoms with E-state index >= 15 is 0 Å². The van der Waals surface area contributed by atoms with Gasteiger partial charge in [0.15, 0.2) is 0 Å². The maximum atomic E-state index is 13.9. The minimum absolute atomic E-state index is 0.0546. The fraction of sp³-hybridized carbons (Fsp3) is 0.517. The minimum Gasteiger partial charge on any atom is -0.491 e. The number of carbonyl (C=O) groups excluding carboxylic acids is 1. The molecule has 10 nitrogen and oxygen atoms in total. The maximum absolute atomic E-state index is 13.9. The molecule has 40 heavy (non-hydrogen) atoms. The van der Waals surface area contributed by atoms with Crippen LogP contribution in [0.15, 0.2) is 50.7 Å². The number of hydrogen-bond acceptors (Lipinski definition) is 8. The number of aromatic nitrogens is 3. The van der Waals surface area contributed by atoms with Gasteiger partial charge >= 0.3 is 11.7 Å². The number of nitrogen functional groups attached to an aromatic ring is 1. The van der Waals surface area contributed by atoms with E-state index < -0.39 is 0 Å². The Labute approximate surface area is 239 Å². The van der Waals surface area contributed by atoms with Crippen LogP contribution < -0.4 is 21.8 Å². The van der Waals surface area contributed by atoms with Gasteiger partial charge in [-0.3, -0.25) is 18.8 Å². The lowest BCUT2D eigenvalue weighted by Gasteiger charge is -2.38. The molecule has 2 aliphatic rings. The molecule has 2 aromatic rings. The van der Waals surface area contributed by atoms with E-state index in [0.717, 1.165) is 21.9 Å².